The highest BCUT2D eigenvalue weighted by molar-refractivity contribution is 5.91. The minimum Gasteiger partial charge on any atom is -0.437 e. The van der Waals surface area contributed by atoms with Crippen LogP contribution in [0.15, 0.2) is 16.5 Å². The summed E-state index contributed by atoms with van der Waals surface area (Å²) in [4.78, 5) is 13.2. The van der Waals surface area contributed by atoms with Gasteiger partial charge in [0.2, 0.25) is 0 Å². The highest BCUT2D eigenvalue weighted by atomic mass is 16.4. The Morgan fingerprint density at radius 3 is 2.88 bits per heavy atom. The maximum absolute atomic E-state index is 11.1. The summed E-state index contributed by atoms with van der Waals surface area (Å²) in [6, 6.07) is 3.52. The molecule has 0 radical (unpaired) electrons. The molecule has 0 spiro atoms. The van der Waals surface area contributed by atoms with Gasteiger partial charge in [-0.2, -0.15) is 0 Å². The predicted molar refractivity (Wildman–Crippen MR) is 60.7 cm³/mol. The molecule has 2 rings (SSSR count). The molecule has 88 valence electrons. The number of ketones is 1. The number of rotatable bonds is 3. The van der Waals surface area contributed by atoms with Crippen LogP contribution in [0.1, 0.15) is 30.8 Å². The Labute approximate surface area is 94.9 Å². The minimum atomic E-state index is -0.285. The molecule has 1 N–H and O–H groups in total. The van der Waals surface area contributed by atoms with Crippen molar-refractivity contribution in [2.45, 2.75) is 26.4 Å². The summed E-state index contributed by atoms with van der Waals surface area (Å²) in [5.41, 5.74) is 0. The Morgan fingerprint density at radius 1 is 1.62 bits per heavy atom. The second-order valence-electron chi connectivity index (χ2n) is 4.43. The van der Waals surface area contributed by atoms with Crippen LogP contribution in [0.3, 0.4) is 0 Å². The van der Waals surface area contributed by atoms with Crippen molar-refractivity contribution in [3.63, 3.8) is 0 Å². The van der Waals surface area contributed by atoms with Crippen LogP contribution in [0, 0.1) is 5.92 Å². The van der Waals surface area contributed by atoms with E-state index in [2.05, 4.69) is 4.90 Å². The van der Waals surface area contributed by atoms with Crippen LogP contribution in [0.4, 0.5) is 5.88 Å². The SMILES string of the molecule is CC(=O)c1ccc(N2CCC(C(C)O)C2)o1. The van der Waals surface area contributed by atoms with Gasteiger partial charge in [-0.25, -0.2) is 0 Å². The minimum absolute atomic E-state index is 0.0578. The van der Waals surface area contributed by atoms with E-state index in [1.54, 1.807) is 6.07 Å². The molecule has 2 heterocycles. The van der Waals surface area contributed by atoms with Gasteiger partial charge in [-0.1, -0.05) is 0 Å². The molecule has 0 aromatic carbocycles. The number of furan rings is 1. The molecule has 4 heteroatoms. The molecule has 0 amide bonds. The molecule has 0 aliphatic carbocycles. The van der Waals surface area contributed by atoms with E-state index in [1.165, 1.54) is 6.92 Å². The zero-order valence-electron chi connectivity index (χ0n) is 9.64. The smallest absolute Gasteiger partial charge is 0.196 e. The second kappa shape index (κ2) is 4.29. The molecule has 2 atom stereocenters. The third-order valence-electron chi connectivity index (χ3n) is 3.16. The summed E-state index contributed by atoms with van der Waals surface area (Å²) in [7, 11) is 0. The summed E-state index contributed by atoms with van der Waals surface area (Å²) >= 11 is 0. The quantitative estimate of drug-likeness (QED) is 0.792. The molecule has 1 aromatic rings. The van der Waals surface area contributed by atoms with E-state index in [4.69, 9.17) is 4.42 Å². The topological polar surface area (TPSA) is 53.7 Å². The van der Waals surface area contributed by atoms with Gasteiger partial charge in [0.05, 0.1) is 6.10 Å². The van der Waals surface area contributed by atoms with Crippen molar-refractivity contribution in [1.82, 2.24) is 0 Å². The fourth-order valence-corrected chi connectivity index (χ4v) is 2.07. The highest BCUT2D eigenvalue weighted by Crippen LogP contribution is 2.27. The van der Waals surface area contributed by atoms with Crippen molar-refractivity contribution in [1.29, 1.82) is 0 Å². The lowest BCUT2D eigenvalue weighted by Crippen LogP contribution is -2.23. The number of aliphatic hydroxyl groups excluding tert-OH is 1. The van der Waals surface area contributed by atoms with Gasteiger partial charge < -0.3 is 14.4 Å². The Bertz CT molecular complexity index is 383. The van der Waals surface area contributed by atoms with Crippen LogP contribution in [0.25, 0.3) is 0 Å². The fraction of sp³-hybridized carbons (Fsp3) is 0.583. The zero-order chi connectivity index (χ0) is 11.7. The van der Waals surface area contributed by atoms with Crippen molar-refractivity contribution >= 4 is 11.7 Å². The molecular weight excluding hydrogens is 206 g/mol. The van der Waals surface area contributed by atoms with Crippen molar-refractivity contribution in [2.24, 2.45) is 5.92 Å². The van der Waals surface area contributed by atoms with E-state index in [0.29, 0.717) is 11.7 Å². The number of carbonyl (C=O) groups is 1. The highest BCUT2D eigenvalue weighted by Gasteiger charge is 2.27. The Kier molecular flexibility index (Phi) is 3.01. The first-order valence-electron chi connectivity index (χ1n) is 5.61. The monoisotopic (exact) mass is 223 g/mol. The molecule has 0 bridgehead atoms. The number of anilines is 1. The average molecular weight is 223 g/mol. The van der Waals surface area contributed by atoms with E-state index >= 15 is 0 Å². The number of Topliss-reactive ketones (excluding diaryl/α,β-unsaturated/α-hetero) is 1. The number of hydrogen-bond acceptors (Lipinski definition) is 4. The van der Waals surface area contributed by atoms with Gasteiger partial charge in [0.15, 0.2) is 17.4 Å². The zero-order valence-corrected chi connectivity index (χ0v) is 9.64. The summed E-state index contributed by atoms with van der Waals surface area (Å²) in [5, 5.41) is 9.50. The van der Waals surface area contributed by atoms with Gasteiger partial charge in [0, 0.05) is 32.0 Å². The van der Waals surface area contributed by atoms with Crippen LogP contribution >= 0.6 is 0 Å². The number of nitrogens with zero attached hydrogens (tertiary/aromatic N) is 1. The summed E-state index contributed by atoms with van der Waals surface area (Å²) < 4.78 is 5.45. The second-order valence-corrected chi connectivity index (χ2v) is 4.43. The molecule has 16 heavy (non-hydrogen) atoms. The largest absolute Gasteiger partial charge is 0.437 e. The fourth-order valence-electron chi connectivity index (χ4n) is 2.07. The third-order valence-corrected chi connectivity index (χ3v) is 3.16. The lowest BCUT2D eigenvalue weighted by molar-refractivity contribution is 0.0987. The Balaban J connectivity index is 2.06. The molecule has 2 unspecified atom stereocenters. The first kappa shape index (κ1) is 11.2. The number of hydrogen-bond donors (Lipinski definition) is 1. The van der Waals surface area contributed by atoms with E-state index in [9.17, 15) is 9.90 Å². The predicted octanol–water partition coefficient (Wildman–Crippen LogP) is 1.69. The molecule has 0 saturated carbocycles. The molecule has 1 fully saturated rings. The standard InChI is InChI=1S/C12H17NO3/c1-8(14)10-5-6-13(7-10)12-4-3-11(16-12)9(2)15/h3-4,8,10,14H,5-7H2,1-2H3. The molecular formula is C12H17NO3. The number of carbonyl (C=O) groups excluding carboxylic acids is 1. The van der Waals surface area contributed by atoms with Crippen molar-refractivity contribution in [3.05, 3.63) is 17.9 Å². The van der Waals surface area contributed by atoms with Crippen LogP contribution in [0.2, 0.25) is 0 Å². The van der Waals surface area contributed by atoms with E-state index in [-0.39, 0.29) is 11.9 Å². The van der Waals surface area contributed by atoms with Gasteiger partial charge in [-0.15, -0.1) is 0 Å². The molecule has 1 aliphatic heterocycles. The lowest BCUT2D eigenvalue weighted by Gasteiger charge is -2.16. The summed E-state index contributed by atoms with van der Waals surface area (Å²) in [6.07, 6.45) is 0.681. The van der Waals surface area contributed by atoms with Crippen LogP contribution < -0.4 is 4.90 Å². The van der Waals surface area contributed by atoms with Crippen LogP contribution in [-0.4, -0.2) is 30.1 Å². The Morgan fingerprint density at radius 2 is 2.38 bits per heavy atom. The van der Waals surface area contributed by atoms with Crippen LogP contribution in [-0.2, 0) is 0 Å². The normalized spacial score (nSPS) is 22.4. The Hall–Kier alpha value is -1.29. The molecule has 1 aliphatic rings. The third kappa shape index (κ3) is 2.11. The first-order chi connectivity index (χ1) is 7.58. The summed E-state index contributed by atoms with van der Waals surface area (Å²) in [6.45, 7) is 4.98. The summed E-state index contributed by atoms with van der Waals surface area (Å²) in [5.74, 6) is 1.37. The molecule has 4 nitrogen and oxygen atoms in total. The maximum Gasteiger partial charge on any atom is 0.196 e. The van der Waals surface area contributed by atoms with Gasteiger partial charge in [-0.05, 0) is 19.4 Å². The van der Waals surface area contributed by atoms with Gasteiger partial charge in [0.1, 0.15) is 0 Å². The van der Waals surface area contributed by atoms with Crippen molar-refractivity contribution < 1.29 is 14.3 Å². The van der Waals surface area contributed by atoms with Gasteiger partial charge in [-0.3, -0.25) is 4.79 Å². The van der Waals surface area contributed by atoms with E-state index in [0.717, 1.165) is 25.4 Å². The lowest BCUT2D eigenvalue weighted by atomic mass is 10.0. The van der Waals surface area contributed by atoms with Crippen LogP contribution in [0.5, 0.6) is 0 Å². The van der Waals surface area contributed by atoms with Crippen molar-refractivity contribution in [2.75, 3.05) is 18.0 Å². The average Bonchev–Trinajstić information content (AvgIpc) is 2.86. The maximum atomic E-state index is 11.1. The van der Waals surface area contributed by atoms with Gasteiger partial charge in [0.25, 0.3) is 0 Å². The molecule has 1 saturated heterocycles. The number of aliphatic hydroxyl groups is 1. The van der Waals surface area contributed by atoms with E-state index in [1.807, 2.05) is 13.0 Å². The van der Waals surface area contributed by atoms with Crippen molar-refractivity contribution in [3.8, 4) is 0 Å². The molecule has 1 aromatic heterocycles. The van der Waals surface area contributed by atoms with E-state index < -0.39 is 0 Å². The first-order valence-corrected chi connectivity index (χ1v) is 5.61. The van der Waals surface area contributed by atoms with Gasteiger partial charge >= 0.3 is 0 Å².